The second-order valence-electron chi connectivity index (χ2n) is 9.31. The molecule has 4 atom stereocenters. The van der Waals surface area contributed by atoms with Gasteiger partial charge in [-0.1, -0.05) is 18.2 Å². The second-order valence-corrected chi connectivity index (χ2v) is 9.31. The van der Waals surface area contributed by atoms with E-state index in [1.54, 1.807) is 47.6 Å². The molecule has 1 aliphatic rings. The minimum absolute atomic E-state index is 0.181. The first-order valence-electron chi connectivity index (χ1n) is 9.96. The minimum Gasteiger partial charge on any atom is -0.458 e. The van der Waals surface area contributed by atoms with Crippen LogP contribution >= 0.6 is 0 Å². The topological polar surface area (TPSA) is 84.9 Å². The van der Waals surface area contributed by atoms with E-state index in [-0.39, 0.29) is 11.8 Å². The number of carbonyl (C=O) groups is 3. The predicted octanol–water partition coefficient (Wildman–Crippen LogP) is 3.59. The molecule has 0 unspecified atom stereocenters. The molecule has 0 aromatic heterocycles. The van der Waals surface area contributed by atoms with Gasteiger partial charge in [-0.15, -0.1) is 6.58 Å². The lowest BCUT2D eigenvalue weighted by Crippen LogP contribution is -2.56. The van der Waals surface area contributed by atoms with Crippen molar-refractivity contribution < 1.29 is 23.9 Å². The molecule has 1 N–H and O–H groups in total. The van der Waals surface area contributed by atoms with Crippen LogP contribution in [0.25, 0.3) is 0 Å². The first-order chi connectivity index (χ1) is 13.2. The Labute approximate surface area is 174 Å². The summed E-state index contributed by atoms with van der Waals surface area (Å²) >= 11 is 0. The van der Waals surface area contributed by atoms with Crippen molar-refractivity contribution in [3.05, 3.63) is 24.8 Å². The van der Waals surface area contributed by atoms with E-state index < -0.39 is 41.4 Å². The van der Waals surface area contributed by atoms with Crippen molar-refractivity contribution in [1.29, 1.82) is 0 Å². The van der Waals surface area contributed by atoms with E-state index >= 15 is 0 Å². The van der Waals surface area contributed by atoms with E-state index in [4.69, 9.17) is 9.47 Å². The quantitative estimate of drug-likeness (QED) is 0.555. The number of amides is 2. The van der Waals surface area contributed by atoms with Crippen LogP contribution in [-0.4, -0.2) is 52.2 Å². The summed E-state index contributed by atoms with van der Waals surface area (Å²) in [5.74, 6) is -0.926. The van der Waals surface area contributed by atoms with Crippen molar-refractivity contribution in [3.8, 4) is 0 Å². The van der Waals surface area contributed by atoms with Gasteiger partial charge in [-0.05, 0) is 54.9 Å². The van der Waals surface area contributed by atoms with E-state index in [1.165, 1.54) is 11.8 Å². The van der Waals surface area contributed by atoms with Crippen LogP contribution in [-0.2, 0) is 19.1 Å². The normalized spacial score (nSPS) is 23.6. The first-order valence-corrected chi connectivity index (χ1v) is 9.96. The van der Waals surface area contributed by atoms with Crippen LogP contribution < -0.4 is 5.32 Å². The lowest BCUT2D eigenvalue weighted by atomic mass is 9.92. The van der Waals surface area contributed by atoms with E-state index in [0.717, 1.165) is 0 Å². The number of esters is 1. The molecule has 2 amide bonds. The van der Waals surface area contributed by atoms with Crippen LogP contribution in [0.2, 0.25) is 0 Å². The van der Waals surface area contributed by atoms with Crippen molar-refractivity contribution in [3.63, 3.8) is 0 Å². The van der Waals surface area contributed by atoms with Crippen molar-refractivity contribution in [2.75, 3.05) is 0 Å². The Hall–Kier alpha value is -2.31. The van der Waals surface area contributed by atoms with Crippen LogP contribution in [0.1, 0.15) is 61.8 Å². The van der Waals surface area contributed by atoms with E-state index in [2.05, 4.69) is 11.9 Å². The van der Waals surface area contributed by atoms with Crippen LogP contribution in [0.5, 0.6) is 0 Å². The third-order valence-corrected chi connectivity index (χ3v) is 4.31. The van der Waals surface area contributed by atoms with Gasteiger partial charge in [0.05, 0.1) is 12.1 Å². The molecule has 164 valence electrons. The van der Waals surface area contributed by atoms with Gasteiger partial charge in [0.2, 0.25) is 5.91 Å². The molecule has 7 heteroatoms. The number of rotatable bonds is 5. The monoisotopic (exact) mass is 408 g/mol. The zero-order chi connectivity index (χ0) is 22.6. The number of nitrogens with zero attached hydrogens (tertiary/aromatic N) is 1. The molecule has 0 aromatic rings. The molecule has 0 spiro atoms. The zero-order valence-corrected chi connectivity index (χ0v) is 18.9. The standard InChI is InChI=1S/C22H36N2O5/c1-10-12-15-13-17(19(26)28-21(4,5)6)24(20(27)29-22(7,8)9)18(15)16(11-2)23-14(3)25/h10-12,15-18H,2,13H2,1,3-9H3,(H,23,25)/t15-,16+,17+,18-/m1/s1. The summed E-state index contributed by atoms with van der Waals surface area (Å²) in [5.41, 5.74) is -1.43. The highest BCUT2D eigenvalue weighted by Crippen LogP contribution is 2.36. The fourth-order valence-electron chi connectivity index (χ4n) is 3.47. The fraction of sp³-hybridized carbons (Fsp3) is 0.682. The summed E-state index contributed by atoms with van der Waals surface area (Å²) < 4.78 is 11.2. The van der Waals surface area contributed by atoms with Gasteiger partial charge in [0, 0.05) is 12.8 Å². The largest absolute Gasteiger partial charge is 0.458 e. The summed E-state index contributed by atoms with van der Waals surface area (Å²) in [4.78, 5) is 39.2. The average molecular weight is 409 g/mol. The maximum Gasteiger partial charge on any atom is 0.411 e. The van der Waals surface area contributed by atoms with E-state index in [0.29, 0.717) is 6.42 Å². The highest BCUT2D eigenvalue weighted by atomic mass is 16.6. The van der Waals surface area contributed by atoms with Crippen molar-refractivity contribution in [2.24, 2.45) is 5.92 Å². The van der Waals surface area contributed by atoms with Gasteiger partial charge in [-0.2, -0.15) is 0 Å². The van der Waals surface area contributed by atoms with E-state index in [1.807, 2.05) is 19.1 Å². The molecule has 1 fully saturated rings. The summed E-state index contributed by atoms with van der Waals surface area (Å²) in [7, 11) is 0. The van der Waals surface area contributed by atoms with Gasteiger partial charge in [-0.3, -0.25) is 9.69 Å². The van der Waals surface area contributed by atoms with E-state index in [9.17, 15) is 14.4 Å². The Bertz CT molecular complexity index is 657. The predicted molar refractivity (Wildman–Crippen MR) is 112 cm³/mol. The van der Waals surface area contributed by atoms with Crippen LogP contribution in [0, 0.1) is 5.92 Å². The highest BCUT2D eigenvalue weighted by molar-refractivity contribution is 5.83. The molecule has 1 aliphatic heterocycles. The number of nitrogens with one attached hydrogen (secondary N) is 1. The average Bonchev–Trinajstić information content (AvgIpc) is 2.89. The Morgan fingerprint density at radius 3 is 2.07 bits per heavy atom. The maximum absolute atomic E-state index is 13.1. The summed E-state index contributed by atoms with van der Waals surface area (Å²) in [6.07, 6.45) is 5.13. The van der Waals surface area contributed by atoms with Crippen molar-refractivity contribution in [1.82, 2.24) is 10.2 Å². The lowest BCUT2D eigenvalue weighted by Gasteiger charge is -2.36. The molecule has 0 bridgehead atoms. The molecule has 7 nitrogen and oxygen atoms in total. The highest BCUT2D eigenvalue weighted by Gasteiger charge is 2.51. The molecule has 0 radical (unpaired) electrons. The van der Waals surface area contributed by atoms with Gasteiger partial charge >= 0.3 is 12.1 Å². The van der Waals surface area contributed by atoms with Gasteiger partial charge in [0.1, 0.15) is 17.2 Å². The molecule has 0 aliphatic carbocycles. The maximum atomic E-state index is 13.1. The molecule has 0 saturated carbocycles. The van der Waals surface area contributed by atoms with Crippen molar-refractivity contribution in [2.45, 2.75) is 91.1 Å². The molecule has 29 heavy (non-hydrogen) atoms. The third-order valence-electron chi connectivity index (χ3n) is 4.31. The number of ether oxygens (including phenoxy) is 2. The molecule has 1 rings (SSSR count). The first kappa shape index (κ1) is 24.7. The third kappa shape index (κ3) is 7.22. The Balaban J connectivity index is 3.43. The SMILES string of the molecule is C=C[C@H](NC(C)=O)[C@H]1[C@H](C=CC)C[C@@H](C(=O)OC(C)(C)C)N1C(=O)OC(C)(C)C. The van der Waals surface area contributed by atoms with Crippen LogP contribution in [0.4, 0.5) is 4.79 Å². The van der Waals surface area contributed by atoms with Gasteiger partial charge in [0.25, 0.3) is 0 Å². The summed E-state index contributed by atoms with van der Waals surface area (Å²) in [6.45, 7) is 17.7. The smallest absolute Gasteiger partial charge is 0.411 e. The molecular formula is C22H36N2O5. The van der Waals surface area contributed by atoms with Gasteiger partial charge < -0.3 is 14.8 Å². The summed E-state index contributed by atoms with van der Waals surface area (Å²) in [6, 6.07) is -1.90. The van der Waals surface area contributed by atoms with Crippen molar-refractivity contribution >= 4 is 18.0 Å². The Morgan fingerprint density at radius 2 is 1.66 bits per heavy atom. The zero-order valence-electron chi connectivity index (χ0n) is 18.9. The van der Waals surface area contributed by atoms with Gasteiger partial charge in [-0.25, -0.2) is 9.59 Å². The number of hydrogen-bond donors (Lipinski definition) is 1. The number of hydrogen-bond acceptors (Lipinski definition) is 5. The lowest BCUT2D eigenvalue weighted by molar-refractivity contribution is -0.160. The number of likely N-dealkylation sites (tertiary alicyclic amines) is 1. The summed E-state index contributed by atoms with van der Waals surface area (Å²) in [5, 5.41) is 2.82. The Morgan fingerprint density at radius 1 is 1.10 bits per heavy atom. The molecule has 1 heterocycles. The number of allylic oxidation sites excluding steroid dienone is 1. The fourth-order valence-corrected chi connectivity index (χ4v) is 3.47. The number of carbonyl (C=O) groups excluding carboxylic acids is 3. The molecule has 1 saturated heterocycles. The minimum atomic E-state index is -0.827. The Kier molecular flexibility index (Phi) is 8.07. The molecular weight excluding hydrogens is 372 g/mol. The second kappa shape index (κ2) is 9.46. The molecule has 0 aromatic carbocycles. The van der Waals surface area contributed by atoms with Crippen LogP contribution in [0.15, 0.2) is 24.8 Å². The van der Waals surface area contributed by atoms with Gasteiger partial charge in [0.15, 0.2) is 0 Å². The van der Waals surface area contributed by atoms with Crippen LogP contribution in [0.3, 0.4) is 0 Å².